The van der Waals surface area contributed by atoms with E-state index in [0.717, 1.165) is 5.56 Å². The molecule has 0 aromatic heterocycles. The molecule has 3 atom stereocenters. The minimum atomic E-state index is -0.872. The van der Waals surface area contributed by atoms with E-state index in [1.54, 1.807) is 4.90 Å². The van der Waals surface area contributed by atoms with E-state index in [1.165, 1.54) is 0 Å². The highest BCUT2D eigenvalue weighted by Crippen LogP contribution is 2.42. The summed E-state index contributed by atoms with van der Waals surface area (Å²) >= 11 is 0. The molecule has 11 nitrogen and oxygen atoms in total. The van der Waals surface area contributed by atoms with Crippen LogP contribution in [0.15, 0.2) is 35.4 Å². The molecule has 4 rings (SSSR count). The third-order valence-corrected chi connectivity index (χ3v) is 6.24. The van der Waals surface area contributed by atoms with Crippen molar-refractivity contribution in [3.63, 3.8) is 0 Å². The molecule has 0 radical (unpaired) electrons. The molecule has 1 N–H and O–H groups in total. The number of hydrogen-bond donors (Lipinski definition) is 1. The van der Waals surface area contributed by atoms with Gasteiger partial charge in [-0.05, 0) is 29.1 Å². The molecule has 3 amide bonds. The van der Waals surface area contributed by atoms with Crippen LogP contribution in [0, 0.1) is 5.92 Å². The van der Waals surface area contributed by atoms with Crippen LogP contribution >= 0.6 is 0 Å². The van der Waals surface area contributed by atoms with Gasteiger partial charge in [0.05, 0.1) is 13.2 Å². The fourth-order valence-electron chi connectivity index (χ4n) is 4.72. The molecule has 2 saturated heterocycles. The number of rotatable bonds is 5. The van der Waals surface area contributed by atoms with Crippen molar-refractivity contribution in [2.45, 2.75) is 50.2 Å². The minimum absolute atomic E-state index is 0.102. The van der Waals surface area contributed by atoms with Crippen LogP contribution in [0.2, 0.25) is 0 Å². The molecule has 1 aliphatic carbocycles. The van der Waals surface area contributed by atoms with Gasteiger partial charge in [0.25, 0.3) is 0 Å². The van der Waals surface area contributed by atoms with Gasteiger partial charge in [0, 0.05) is 36.3 Å². The molecular formula is C21H25N5O6. The maximum absolute atomic E-state index is 13.0. The minimum Gasteiger partial charge on any atom is -0.445 e. The molecule has 11 heteroatoms. The van der Waals surface area contributed by atoms with E-state index in [4.69, 9.17) is 19.7 Å². The Labute approximate surface area is 184 Å². The van der Waals surface area contributed by atoms with E-state index >= 15 is 0 Å². The van der Waals surface area contributed by atoms with Crippen LogP contribution in [0.25, 0.3) is 10.4 Å². The molecule has 1 aromatic carbocycles. The highest BCUT2D eigenvalue weighted by atomic mass is 16.7. The lowest BCUT2D eigenvalue weighted by Crippen LogP contribution is -2.53. The third kappa shape index (κ3) is 4.69. The van der Waals surface area contributed by atoms with Crippen LogP contribution in [0.5, 0.6) is 0 Å². The number of nitrogens with one attached hydrogen (secondary N) is 1. The lowest BCUT2D eigenvalue weighted by molar-refractivity contribution is -0.197. The Morgan fingerprint density at radius 3 is 2.72 bits per heavy atom. The largest absolute Gasteiger partial charge is 0.445 e. The van der Waals surface area contributed by atoms with Crippen LogP contribution in [0.4, 0.5) is 4.79 Å². The van der Waals surface area contributed by atoms with E-state index in [0.29, 0.717) is 39.0 Å². The van der Waals surface area contributed by atoms with Crippen LogP contribution in [-0.4, -0.2) is 60.4 Å². The highest BCUT2D eigenvalue weighted by molar-refractivity contribution is 5.89. The second-order valence-electron chi connectivity index (χ2n) is 8.13. The zero-order chi connectivity index (χ0) is 22.6. The molecule has 1 saturated carbocycles. The van der Waals surface area contributed by atoms with Crippen LogP contribution < -0.4 is 5.32 Å². The lowest BCUT2D eigenvalue weighted by atomic mass is 9.79. The zero-order valence-corrected chi connectivity index (χ0v) is 17.5. The van der Waals surface area contributed by atoms with Crippen molar-refractivity contribution in [3.8, 4) is 0 Å². The number of amides is 3. The molecule has 32 heavy (non-hydrogen) atoms. The fraction of sp³-hybridized carbons (Fsp3) is 0.571. The maximum Gasteiger partial charge on any atom is 0.408 e. The molecule has 2 heterocycles. The van der Waals surface area contributed by atoms with Gasteiger partial charge in [-0.25, -0.2) is 4.79 Å². The van der Waals surface area contributed by atoms with Crippen molar-refractivity contribution >= 4 is 17.9 Å². The third-order valence-electron chi connectivity index (χ3n) is 6.24. The van der Waals surface area contributed by atoms with Gasteiger partial charge >= 0.3 is 6.09 Å². The molecular weight excluding hydrogens is 418 g/mol. The first-order valence-electron chi connectivity index (χ1n) is 10.7. The summed E-state index contributed by atoms with van der Waals surface area (Å²) in [5.41, 5.74) is 9.58. The number of alkyl carbamates (subject to hydrolysis) is 1. The molecule has 1 spiro atoms. The van der Waals surface area contributed by atoms with E-state index in [9.17, 15) is 14.4 Å². The number of likely N-dealkylation sites (tertiary alicyclic amines) is 1. The standard InChI is InChI=1S/C21H25N5O6/c22-25-24-18(27)15-12-21(31-10-11-32-21)8-6-17(15)26-9-7-16(19(26)28)23-20(29)30-13-14-4-2-1-3-5-14/h1-5,15-17H,6-13H2,(H,23,29)/t15-,16+,17-/m1/s1. The first-order chi connectivity index (χ1) is 15.5. The Morgan fingerprint density at radius 2 is 2.00 bits per heavy atom. The quantitative estimate of drug-likeness (QED) is 0.420. The second kappa shape index (κ2) is 9.56. The van der Waals surface area contributed by atoms with Crippen molar-refractivity contribution in [2.24, 2.45) is 11.0 Å². The van der Waals surface area contributed by atoms with Crippen molar-refractivity contribution in [1.29, 1.82) is 0 Å². The molecule has 3 aliphatic rings. The van der Waals surface area contributed by atoms with Gasteiger partial charge in [0.1, 0.15) is 12.6 Å². The summed E-state index contributed by atoms with van der Waals surface area (Å²) in [4.78, 5) is 42.0. The molecule has 0 bridgehead atoms. The summed E-state index contributed by atoms with van der Waals surface area (Å²) < 4.78 is 16.7. The Kier molecular flexibility index (Phi) is 6.59. The summed E-state index contributed by atoms with van der Waals surface area (Å²) in [6.45, 7) is 1.35. The molecule has 1 aromatic rings. The van der Waals surface area contributed by atoms with Crippen molar-refractivity contribution in [1.82, 2.24) is 10.2 Å². The predicted octanol–water partition coefficient (Wildman–Crippen LogP) is 2.26. The number of nitrogens with zero attached hydrogens (tertiary/aromatic N) is 4. The molecule has 0 unspecified atom stereocenters. The summed E-state index contributed by atoms with van der Waals surface area (Å²) in [6.07, 6.45) is 0.936. The number of ether oxygens (including phenoxy) is 3. The average Bonchev–Trinajstić information content (AvgIpc) is 3.40. The summed E-state index contributed by atoms with van der Waals surface area (Å²) in [7, 11) is 0. The number of azide groups is 1. The van der Waals surface area contributed by atoms with Gasteiger partial charge in [-0.2, -0.15) is 0 Å². The Hall–Kier alpha value is -3.14. The summed E-state index contributed by atoms with van der Waals surface area (Å²) in [5.74, 6) is -2.52. The number of carbonyl (C=O) groups excluding carboxylic acids is 3. The first-order valence-corrected chi connectivity index (χ1v) is 10.7. The molecule has 170 valence electrons. The van der Waals surface area contributed by atoms with Crippen molar-refractivity contribution in [2.75, 3.05) is 19.8 Å². The van der Waals surface area contributed by atoms with E-state index < -0.39 is 35.8 Å². The van der Waals surface area contributed by atoms with Crippen molar-refractivity contribution < 1.29 is 28.6 Å². The Morgan fingerprint density at radius 1 is 1.25 bits per heavy atom. The van der Waals surface area contributed by atoms with Gasteiger partial charge in [0.15, 0.2) is 5.79 Å². The Bertz CT molecular complexity index is 913. The monoisotopic (exact) mass is 443 g/mol. The SMILES string of the molecule is [N-]=[N+]=NC(=O)[C@@H]1CC2(CC[C@H]1N1CC[C@H](NC(=O)OCc3ccccc3)C1=O)OCCO2. The first kappa shape index (κ1) is 22.1. The van der Waals surface area contributed by atoms with Crippen LogP contribution in [-0.2, 0) is 30.4 Å². The van der Waals surface area contributed by atoms with Gasteiger partial charge < -0.3 is 24.4 Å². The normalized spacial score (nSPS) is 26.6. The van der Waals surface area contributed by atoms with Crippen molar-refractivity contribution in [3.05, 3.63) is 46.3 Å². The van der Waals surface area contributed by atoms with E-state index in [-0.39, 0.29) is 18.9 Å². The van der Waals surface area contributed by atoms with Crippen LogP contribution in [0.3, 0.4) is 0 Å². The summed E-state index contributed by atoms with van der Waals surface area (Å²) in [6, 6.07) is 8.05. The zero-order valence-electron chi connectivity index (χ0n) is 17.5. The number of benzene rings is 1. The molecule has 2 aliphatic heterocycles. The lowest BCUT2D eigenvalue weighted by Gasteiger charge is -2.43. The molecule has 3 fully saturated rings. The number of carbonyl (C=O) groups is 3. The van der Waals surface area contributed by atoms with Gasteiger partial charge in [-0.3, -0.25) is 9.59 Å². The fourth-order valence-corrected chi connectivity index (χ4v) is 4.72. The predicted molar refractivity (Wildman–Crippen MR) is 110 cm³/mol. The maximum atomic E-state index is 13.0. The topological polar surface area (TPSA) is 143 Å². The van der Waals surface area contributed by atoms with Gasteiger partial charge in [0.2, 0.25) is 11.8 Å². The average molecular weight is 443 g/mol. The van der Waals surface area contributed by atoms with Crippen LogP contribution in [0.1, 0.15) is 31.2 Å². The second-order valence-corrected chi connectivity index (χ2v) is 8.13. The number of hydrogen-bond acceptors (Lipinski definition) is 6. The summed E-state index contributed by atoms with van der Waals surface area (Å²) in [5, 5.41) is 5.89. The van der Waals surface area contributed by atoms with E-state index in [1.807, 2.05) is 30.3 Å². The smallest absolute Gasteiger partial charge is 0.408 e. The van der Waals surface area contributed by atoms with E-state index in [2.05, 4.69) is 15.3 Å². The highest BCUT2D eigenvalue weighted by Gasteiger charge is 2.51. The van der Waals surface area contributed by atoms with Gasteiger partial charge in [-0.1, -0.05) is 30.3 Å². The Balaban J connectivity index is 1.38. The van der Waals surface area contributed by atoms with Gasteiger partial charge in [-0.15, -0.1) is 0 Å².